The number of alkyl halides is 2. The molecule has 2 atom stereocenters. The molecule has 0 radical (unpaired) electrons. The lowest BCUT2D eigenvalue weighted by Gasteiger charge is -2.26. The van der Waals surface area contributed by atoms with Crippen LogP contribution < -0.4 is 10.6 Å². The largest absolute Gasteiger partial charge is 0.347 e. The van der Waals surface area contributed by atoms with Crippen molar-refractivity contribution < 1.29 is 18.0 Å². The second-order valence-electron chi connectivity index (χ2n) is 7.86. The third-order valence-electron chi connectivity index (χ3n) is 5.43. The number of hydrogen-bond donors (Lipinski definition) is 2. The summed E-state index contributed by atoms with van der Waals surface area (Å²) in [4.78, 5) is 25.4. The minimum atomic E-state index is -3.10. The molecule has 4 rings (SSSR count). The summed E-state index contributed by atoms with van der Waals surface area (Å²) in [5.74, 6) is -2.67. The van der Waals surface area contributed by atoms with E-state index in [1.165, 1.54) is 18.2 Å². The normalized spacial score (nSPS) is 22.8. The monoisotopic (exact) mass is 588 g/mol. The Morgan fingerprint density at radius 2 is 1.55 bits per heavy atom. The Kier molecular flexibility index (Phi) is 6.82. The summed E-state index contributed by atoms with van der Waals surface area (Å²) in [6.07, 6.45) is 0. The third-order valence-corrected chi connectivity index (χ3v) is 9.71. The van der Waals surface area contributed by atoms with Gasteiger partial charge in [-0.2, -0.15) is 0 Å². The Morgan fingerprint density at radius 3 is 2.12 bits per heavy atom. The van der Waals surface area contributed by atoms with E-state index in [1.54, 1.807) is 12.1 Å². The first-order valence-corrected chi connectivity index (χ1v) is 13.5. The first kappa shape index (κ1) is 25.2. The molecule has 2 N–H and O–H groups in total. The second kappa shape index (κ2) is 8.94. The lowest BCUT2D eigenvalue weighted by molar-refractivity contribution is -0.117. The van der Waals surface area contributed by atoms with Gasteiger partial charge in [0.25, 0.3) is 5.91 Å². The molecule has 33 heavy (non-hydrogen) atoms. The summed E-state index contributed by atoms with van der Waals surface area (Å²) in [6, 6.07) is 6.98. The predicted octanol–water partition coefficient (Wildman–Crippen LogP) is 5.35. The van der Waals surface area contributed by atoms with Gasteiger partial charge < -0.3 is 10.6 Å². The van der Waals surface area contributed by atoms with Gasteiger partial charge in [0.05, 0.1) is 49.1 Å². The lowest BCUT2D eigenvalue weighted by atomic mass is 10.1. The van der Waals surface area contributed by atoms with Gasteiger partial charge in [-0.05, 0) is 35.9 Å². The fourth-order valence-electron chi connectivity index (χ4n) is 3.73. The summed E-state index contributed by atoms with van der Waals surface area (Å²) in [5, 5.41) is 6.04. The zero-order valence-corrected chi connectivity index (χ0v) is 21.7. The highest BCUT2D eigenvalue weighted by molar-refractivity contribution is 7.92. The van der Waals surface area contributed by atoms with Crippen LogP contribution in [0.5, 0.6) is 0 Å². The molecule has 1 aliphatic heterocycles. The average Bonchev–Trinajstić information content (AvgIpc) is 3.27. The zero-order valence-electron chi connectivity index (χ0n) is 16.3. The molecule has 0 bridgehead atoms. The van der Waals surface area contributed by atoms with E-state index in [2.05, 4.69) is 10.6 Å². The summed E-state index contributed by atoms with van der Waals surface area (Å²) in [5.41, 5.74) is 0.939. The number of carbonyl (C=O) groups is 2. The van der Waals surface area contributed by atoms with E-state index in [-0.39, 0.29) is 42.8 Å². The molecular formula is C20H14Cl6N2O4S. The van der Waals surface area contributed by atoms with Gasteiger partial charge in [-0.25, -0.2) is 8.42 Å². The molecule has 176 valence electrons. The molecule has 2 aliphatic rings. The molecule has 1 saturated heterocycles. The van der Waals surface area contributed by atoms with Crippen molar-refractivity contribution in [2.24, 2.45) is 5.92 Å². The first-order valence-electron chi connectivity index (χ1n) is 9.44. The Hall–Kier alpha value is -0.930. The second-order valence-corrected chi connectivity index (χ2v) is 13.1. The average molecular weight is 591 g/mol. The van der Waals surface area contributed by atoms with Crippen molar-refractivity contribution in [1.82, 2.24) is 5.32 Å². The van der Waals surface area contributed by atoms with Crippen LogP contribution in [0.15, 0.2) is 30.3 Å². The van der Waals surface area contributed by atoms with Gasteiger partial charge in [-0.1, -0.05) is 46.4 Å². The van der Waals surface area contributed by atoms with Crippen molar-refractivity contribution in [1.29, 1.82) is 0 Å². The van der Waals surface area contributed by atoms with Crippen LogP contribution in [0.1, 0.15) is 21.8 Å². The minimum absolute atomic E-state index is 0.0883. The molecule has 13 heteroatoms. The molecule has 1 heterocycles. The van der Waals surface area contributed by atoms with Gasteiger partial charge in [0, 0.05) is 11.6 Å². The molecular weight excluding hydrogens is 577 g/mol. The SMILES string of the molecule is O=C(NC1CS(=O)(=O)C1)c1cc(NC(=O)C2C(c3cc(Cl)c(Cl)c(Cl)c3)C2(Cl)Cl)ccc1Cl. The standard InChI is InChI=1S/C20H14Cl6N2O4S/c21-12-2-1-9(5-11(12)18(29)28-10-6-33(31,32)7-10)27-19(30)16-15(20(16,25)26)8-3-13(22)17(24)14(23)4-8/h1-5,10,15-16H,6-7H2,(H,27,30)(H,28,29). The van der Waals surface area contributed by atoms with E-state index < -0.39 is 43.9 Å². The van der Waals surface area contributed by atoms with Gasteiger partial charge >= 0.3 is 0 Å². The number of halogens is 6. The van der Waals surface area contributed by atoms with Crippen LogP contribution in [0.25, 0.3) is 0 Å². The smallest absolute Gasteiger partial charge is 0.253 e. The van der Waals surface area contributed by atoms with Crippen molar-refractivity contribution in [3.63, 3.8) is 0 Å². The van der Waals surface area contributed by atoms with E-state index >= 15 is 0 Å². The van der Waals surface area contributed by atoms with Crippen molar-refractivity contribution in [2.75, 3.05) is 16.8 Å². The number of carbonyl (C=O) groups excluding carboxylic acids is 2. The van der Waals surface area contributed by atoms with Crippen LogP contribution in [0.2, 0.25) is 20.1 Å². The number of nitrogens with one attached hydrogen (secondary N) is 2. The van der Waals surface area contributed by atoms with Gasteiger partial charge in [0.1, 0.15) is 4.33 Å². The van der Waals surface area contributed by atoms with Crippen LogP contribution in [-0.4, -0.2) is 42.1 Å². The molecule has 1 aliphatic carbocycles. The molecule has 0 spiro atoms. The van der Waals surface area contributed by atoms with Crippen LogP contribution in [-0.2, 0) is 14.6 Å². The maximum Gasteiger partial charge on any atom is 0.253 e. The lowest BCUT2D eigenvalue weighted by Crippen LogP contribution is -2.52. The van der Waals surface area contributed by atoms with E-state index in [4.69, 9.17) is 69.6 Å². The highest BCUT2D eigenvalue weighted by Crippen LogP contribution is 2.65. The predicted molar refractivity (Wildman–Crippen MR) is 132 cm³/mol. The number of amides is 2. The van der Waals surface area contributed by atoms with Gasteiger partial charge in [-0.3, -0.25) is 9.59 Å². The Labute approximate surface area is 219 Å². The summed E-state index contributed by atoms with van der Waals surface area (Å²) >= 11 is 37.0. The maximum absolute atomic E-state index is 12.9. The number of sulfone groups is 1. The van der Waals surface area contributed by atoms with Crippen molar-refractivity contribution in [3.8, 4) is 0 Å². The van der Waals surface area contributed by atoms with E-state index in [0.717, 1.165) is 0 Å². The molecule has 0 aromatic heterocycles. The fourth-order valence-corrected chi connectivity index (χ4v) is 6.67. The Morgan fingerprint density at radius 1 is 0.939 bits per heavy atom. The van der Waals surface area contributed by atoms with Gasteiger partial charge in [0.15, 0.2) is 9.84 Å². The van der Waals surface area contributed by atoms with Gasteiger partial charge in [-0.15, -0.1) is 23.2 Å². The first-order chi connectivity index (χ1) is 15.3. The maximum atomic E-state index is 12.9. The van der Waals surface area contributed by atoms with Gasteiger partial charge in [0.2, 0.25) is 5.91 Å². The number of hydrogen-bond acceptors (Lipinski definition) is 4. The minimum Gasteiger partial charge on any atom is -0.347 e. The summed E-state index contributed by atoms with van der Waals surface area (Å²) in [6.45, 7) is 0. The van der Waals surface area contributed by atoms with E-state index in [9.17, 15) is 18.0 Å². The van der Waals surface area contributed by atoms with Crippen molar-refractivity contribution in [2.45, 2.75) is 16.3 Å². The highest BCUT2D eigenvalue weighted by atomic mass is 35.5. The summed E-state index contributed by atoms with van der Waals surface area (Å²) in [7, 11) is -3.10. The molecule has 2 aromatic rings. The van der Waals surface area contributed by atoms with Crippen LogP contribution in [0, 0.1) is 5.92 Å². The van der Waals surface area contributed by atoms with Crippen molar-refractivity contribution >= 4 is 96.9 Å². The Balaban J connectivity index is 1.48. The van der Waals surface area contributed by atoms with E-state index in [1.807, 2.05) is 0 Å². The highest BCUT2D eigenvalue weighted by Gasteiger charge is 2.67. The quantitative estimate of drug-likeness (QED) is 0.363. The molecule has 2 fully saturated rings. The number of benzene rings is 2. The molecule has 1 saturated carbocycles. The molecule has 2 unspecified atom stereocenters. The molecule has 6 nitrogen and oxygen atoms in total. The summed E-state index contributed by atoms with van der Waals surface area (Å²) < 4.78 is 21.2. The number of rotatable bonds is 5. The van der Waals surface area contributed by atoms with Crippen LogP contribution >= 0.6 is 69.6 Å². The van der Waals surface area contributed by atoms with Crippen LogP contribution in [0.3, 0.4) is 0 Å². The van der Waals surface area contributed by atoms with E-state index in [0.29, 0.717) is 5.56 Å². The number of anilines is 1. The fraction of sp³-hybridized carbons (Fsp3) is 0.300. The van der Waals surface area contributed by atoms with Crippen LogP contribution in [0.4, 0.5) is 5.69 Å². The third kappa shape index (κ3) is 5.06. The topological polar surface area (TPSA) is 92.3 Å². The molecule has 2 amide bonds. The molecule has 2 aromatic carbocycles. The van der Waals surface area contributed by atoms with Crippen molar-refractivity contribution in [3.05, 3.63) is 61.5 Å². The Bertz CT molecular complexity index is 1250. The zero-order chi connectivity index (χ0) is 24.3.